The number of carbonyl (C=O) groups is 3. The zero-order valence-electron chi connectivity index (χ0n) is 17.9. The highest BCUT2D eigenvalue weighted by Crippen LogP contribution is 2.40. The first kappa shape index (κ1) is 24.4. The number of ether oxygens (including phenoxy) is 1. The van der Waals surface area contributed by atoms with Gasteiger partial charge in [0.1, 0.15) is 0 Å². The van der Waals surface area contributed by atoms with Gasteiger partial charge in [0, 0.05) is 46.9 Å². The van der Waals surface area contributed by atoms with E-state index in [0.29, 0.717) is 39.1 Å². The summed E-state index contributed by atoms with van der Waals surface area (Å²) in [6.07, 6.45) is -0.891. The van der Waals surface area contributed by atoms with Gasteiger partial charge in [0.15, 0.2) is 6.23 Å². The molecule has 0 fully saturated rings. The maximum absolute atomic E-state index is 12.7. The molecule has 0 saturated carbocycles. The fourth-order valence-corrected chi connectivity index (χ4v) is 3.91. The maximum atomic E-state index is 12.7. The molecule has 3 rings (SSSR count). The van der Waals surface area contributed by atoms with E-state index in [1.807, 2.05) is 13.8 Å². The van der Waals surface area contributed by atoms with Crippen LogP contribution in [0.15, 0.2) is 42.5 Å². The Kier molecular flexibility index (Phi) is 7.84. The van der Waals surface area contributed by atoms with Crippen LogP contribution >= 0.6 is 23.2 Å². The zero-order chi connectivity index (χ0) is 24.1. The first-order valence-electron chi connectivity index (χ1n) is 10.2. The van der Waals surface area contributed by atoms with Gasteiger partial charge in [0.05, 0.1) is 5.02 Å². The second-order valence-corrected chi connectivity index (χ2v) is 8.60. The van der Waals surface area contributed by atoms with Crippen LogP contribution in [-0.2, 0) is 20.9 Å². The van der Waals surface area contributed by atoms with Crippen LogP contribution in [0.4, 0.5) is 16.2 Å². The summed E-state index contributed by atoms with van der Waals surface area (Å²) in [5.41, 5.74) is 2.98. The Hall–Kier alpha value is -3.23. The number of hydrogen-bond acceptors (Lipinski definition) is 5. The summed E-state index contributed by atoms with van der Waals surface area (Å²) >= 11 is 12.4. The van der Waals surface area contributed by atoms with E-state index in [4.69, 9.17) is 33.0 Å². The predicted molar refractivity (Wildman–Crippen MR) is 127 cm³/mol. The normalized spacial score (nSPS) is 16.0. The van der Waals surface area contributed by atoms with Crippen LogP contribution in [0.25, 0.3) is 5.57 Å². The minimum Gasteiger partial charge on any atom is -0.450 e. The molecule has 0 saturated heterocycles. The monoisotopic (exact) mass is 491 g/mol. The molecule has 2 aromatic carbocycles. The van der Waals surface area contributed by atoms with E-state index >= 15 is 0 Å². The number of anilines is 2. The van der Waals surface area contributed by atoms with E-state index in [1.54, 1.807) is 36.4 Å². The van der Waals surface area contributed by atoms with E-state index in [-0.39, 0.29) is 18.2 Å². The van der Waals surface area contributed by atoms with Gasteiger partial charge in [-0.15, -0.1) is 0 Å². The summed E-state index contributed by atoms with van der Waals surface area (Å²) in [6, 6.07) is 10.2. The van der Waals surface area contributed by atoms with Crippen molar-refractivity contribution in [2.75, 3.05) is 10.6 Å². The molecular formula is C23H23Cl2N3O5. The second kappa shape index (κ2) is 10.6. The number of halogens is 2. The van der Waals surface area contributed by atoms with E-state index in [2.05, 4.69) is 16.0 Å². The minimum absolute atomic E-state index is 0.0358. The molecule has 0 aromatic heterocycles. The largest absolute Gasteiger partial charge is 0.507 e. The van der Waals surface area contributed by atoms with Crippen LogP contribution in [0.2, 0.25) is 10.0 Å². The number of carboxylic acid groups (broad SMARTS) is 1. The highest BCUT2D eigenvalue weighted by atomic mass is 35.5. The highest BCUT2D eigenvalue weighted by Gasteiger charge is 2.27. The number of carbonyl (C=O) groups excluding carboxylic acids is 2. The zero-order valence-corrected chi connectivity index (χ0v) is 19.5. The fourth-order valence-electron chi connectivity index (χ4n) is 3.30. The summed E-state index contributed by atoms with van der Waals surface area (Å²) in [5, 5.41) is 18.2. The molecule has 174 valence electrons. The van der Waals surface area contributed by atoms with Gasteiger partial charge in [-0.3, -0.25) is 9.59 Å². The summed E-state index contributed by atoms with van der Waals surface area (Å²) in [4.78, 5) is 35.4. The van der Waals surface area contributed by atoms with Crippen molar-refractivity contribution in [3.8, 4) is 0 Å². The molecule has 8 nitrogen and oxygen atoms in total. The summed E-state index contributed by atoms with van der Waals surface area (Å²) < 4.78 is 4.84. The van der Waals surface area contributed by atoms with E-state index in [1.165, 1.54) is 6.08 Å². The molecule has 10 heteroatoms. The molecule has 0 spiro atoms. The van der Waals surface area contributed by atoms with Gasteiger partial charge >= 0.3 is 6.16 Å². The minimum atomic E-state index is -1.45. The Bertz CT molecular complexity index is 1100. The number of hydrogen-bond donors (Lipinski definition) is 4. The Balaban J connectivity index is 1.75. The molecule has 1 unspecified atom stereocenters. The number of amides is 2. The highest BCUT2D eigenvalue weighted by molar-refractivity contribution is 6.36. The van der Waals surface area contributed by atoms with Crippen molar-refractivity contribution in [1.82, 2.24) is 5.32 Å². The van der Waals surface area contributed by atoms with Gasteiger partial charge < -0.3 is 25.8 Å². The van der Waals surface area contributed by atoms with Crippen LogP contribution < -0.4 is 16.0 Å². The summed E-state index contributed by atoms with van der Waals surface area (Å²) in [7, 11) is 0. The third-order valence-corrected chi connectivity index (χ3v) is 5.38. The quantitative estimate of drug-likeness (QED) is 0.329. The molecule has 1 atom stereocenters. The predicted octanol–water partition coefficient (Wildman–Crippen LogP) is 5.12. The van der Waals surface area contributed by atoms with E-state index in [9.17, 15) is 14.4 Å². The van der Waals surface area contributed by atoms with Gasteiger partial charge in [-0.2, -0.15) is 0 Å². The standard InChI is InChI=1S/C23H23Cl2N3O5/c1-12(2)22(30)26-11-13-3-5-16(6-4-13)27-19(29)7-14-8-20(33-23(31)32)28-18-10-15(24)9-17(25)21(14)18/h3-7,9-10,12,20,28H,8,11H2,1-2H3,(H,26,30)(H,27,29)(H,31,32)/b14-7+. The molecule has 4 N–H and O–H groups in total. The lowest BCUT2D eigenvalue weighted by Crippen LogP contribution is -2.30. The molecule has 0 aliphatic carbocycles. The van der Waals surface area contributed by atoms with E-state index < -0.39 is 18.3 Å². The molecular weight excluding hydrogens is 469 g/mol. The van der Waals surface area contributed by atoms with Gasteiger partial charge in [-0.25, -0.2) is 4.79 Å². The third-order valence-electron chi connectivity index (χ3n) is 4.86. The first-order chi connectivity index (χ1) is 15.6. The lowest BCUT2D eigenvalue weighted by molar-refractivity contribution is -0.124. The average Bonchev–Trinajstić information content (AvgIpc) is 2.71. The Morgan fingerprint density at radius 1 is 1.21 bits per heavy atom. The first-order valence-corrected chi connectivity index (χ1v) is 10.9. The van der Waals surface area contributed by atoms with Gasteiger partial charge in [-0.1, -0.05) is 49.2 Å². The Morgan fingerprint density at radius 3 is 2.55 bits per heavy atom. The van der Waals surface area contributed by atoms with Crippen molar-refractivity contribution >= 4 is 58.1 Å². The molecule has 2 aromatic rings. The number of fused-ring (bicyclic) bond motifs is 1. The average molecular weight is 492 g/mol. The topological polar surface area (TPSA) is 117 Å². The number of nitrogens with one attached hydrogen (secondary N) is 3. The van der Waals surface area contributed by atoms with Crippen LogP contribution in [0.3, 0.4) is 0 Å². The molecule has 0 bridgehead atoms. The smallest absolute Gasteiger partial charge is 0.450 e. The maximum Gasteiger partial charge on any atom is 0.507 e. The molecule has 1 aliphatic rings. The fraction of sp³-hybridized carbons (Fsp3) is 0.261. The number of benzene rings is 2. The molecule has 2 amide bonds. The SMILES string of the molecule is CC(C)C(=O)NCc1ccc(NC(=O)/C=C2\CC(OC(=O)O)Nc3cc(Cl)cc(Cl)c32)cc1. The molecule has 1 heterocycles. The lowest BCUT2D eigenvalue weighted by Gasteiger charge is -2.28. The van der Waals surface area contributed by atoms with Gasteiger partial charge in [-0.05, 0) is 35.4 Å². The molecule has 33 heavy (non-hydrogen) atoms. The number of rotatable bonds is 6. The second-order valence-electron chi connectivity index (χ2n) is 7.76. The van der Waals surface area contributed by atoms with Gasteiger partial charge in [0.25, 0.3) is 0 Å². The summed E-state index contributed by atoms with van der Waals surface area (Å²) in [6.45, 7) is 4.03. The Morgan fingerprint density at radius 2 is 1.91 bits per heavy atom. The van der Waals surface area contributed by atoms with Crippen molar-refractivity contribution in [2.24, 2.45) is 5.92 Å². The van der Waals surface area contributed by atoms with Crippen LogP contribution in [0.5, 0.6) is 0 Å². The van der Waals surface area contributed by atoms with Crippen molar-refractivity contribution in [1.29, 1.82) is 0 Å². The van der Waals surface area contributed by atoms with Crippen LogP contribution in [0.1, 0.15) is 31.4 Å². The van der Waals surface area contributed by atoms with Gasteiger partial charge in [0.2, 0.25) is 11.8 Å². The van der Waals surface area contributed by atoms with Crippen molar-refractivity contribution in [2.45, 2.75) is 33.0 Å². The van der Waals surface area contributed by atoms with Crippen LogP contribution in [-0.4, -0.2) is 29.3 Å². The van der Waals surface area contributed by atoms with Crippen LogP contribution in [0, 0.1) is 5.92 Å². The van der Waals surface area contributed by atoms with E-state index in [0.717, 1.165) is 5.56 Å². The Labute approximate surface area is 200 Å². The molecule has 1 aliphatic heterocycles. The lowest BCUT2D eigenvalue weighted by atomic mass is 9.95. The molecule has 0 radical (unpaired) electrons. The summed E-state index contributed by atoms with van der Waals surface area (Å²) in [5.74, 6) is -0.549. The van der Waals surface area contributed by atoms with Crippen molar-refractivity contribution < 1.29 is 24.2 Å². The van der Waals surface area contributed by atoms with Crippen molar-refractivity contribution in [3.05, 3.63) is 63.6 Å². The third kappa shape index (κ3) is 6.63. The van der Waals surface area contributed by atoms with Crippen molar-refractivity contribution in [3.63, 3.8) is 0 Å².